The topological polar surface area (TPSA) is 58.6 Å². The summed E-state index contributed by atoms with van der Waals surface area (Å²) in [5, 5.41) is 2.35. The van der Waals surface area contributed by atoms with E-state index in [2.05, 4.69) is 30.9 Å². The summed E-state index contributed by atoms with van der Waals surface area (Å²) in [6.45, 7) is 0. The lowest BCUT2D eigenvalue weighted by molar-refractivity contribution is 1.07. The van der Waals surface area contributed by atoms with E-state index >= 15 is 0 Å². The highest BCUT2D eigenvalue weighted by atomic mass is 79.9. The molecule has 0 fully saturated rings. The molecule has 2 rings (SSSR count). The molecule has 0 amide bonds. The van der Waals surface area contributed by atoms with Crippen LogP contribution in [0.4, 0.5) is 0 Å². The Labute approximate surface area is 92.2 Å². The standard InChI is InChI=1S/C8H6BrN3OS/c9-1-5-2-10-7(12-8(5)13)6-3-14-4-11-6/h2-4H,1H2,(H,10,12,13). The third kappa shape index (κ3) is 1.76. The second-order valence-corrected chi connectivity index (χ2v) is 3.87. The summed E-state index contributed by atoms with van der Waals surface area (Å²) in [4.78, 5) is 22.3. The van der Waals surface area contributed by atoms with Crippen LogP contribution in [0.15, 0.2) is 21.9 Å². The molecule has 0 aliphatic rings. The fraction of sp³-hybridized carbons (Fsp3) is 0.125. The Morgan fingerprint density at radius 3 is 2.93 bits per heavy atom. The summed E-state index contributed by atoms with van der Waals surface area (Å²) in [7, 11) is 0. The first-order valence-corrected chi connectivity index (χ1v) is 5.90. The number of aromatic amines is 1. The number of alkyl halides is 1. The van der Waals surface area contributed by atoms with E-state index in [4.69, 9.17) is 0 Å². The summed E-state index contributed by atoms with van der Waals surface area (Å²) in [5.41, 5.74) is 2.89. The highest BCUT2D eigenvalue weighted by molar-refractivity contribution is 9.08. The second kappa shape index (κ2) is 4.02. The predicted octanol–water partition coefficient (Wildman–Crippen LogP) is 1.79. The van der Waals surface area contributed by atoms with E-state index in [1.165, 1.54) is 11.3 Å². The third-order valence-electron chi connectivity index (χ3n) is 1.69. The van der Waals surface area contributed by atoms with Gasteiger partial charge in [-0.2, -0.15) is 0 Å². The average Bonchev–Trinajstić information content (AvgIpc) is 2.70. The summed E-state index contributed by atoms with van der Waals surface area (Å²) in [6.07, 6.45) is 1.56. The zero-order valence-corrected chi connectivity index (χ0v) is 9.43. The number of nitrogens with zero attached hydrogens (tertiary/aromatic N) is 2. The smallest absolute Gasteiger partial charge is 0.255 e. The van der Waals surface area contributed by atoms with Crippen LogP contribution in [0.25, 0.3) is 11.5 Å². The molecule has 4 nitrogen and oxygen atoms in total. The molecule has 0 spiro atoms. The number of halogens is 1. The average molecular weight is 272 g/mol. The van der Waals surface area contributed by atoms with Crippen molar-refractivity contribution < 1.29 is 0 Å². The predicted molar refractivity (Wildman–Crippen MR) is 58.6 cm³/mol. The lowest BCUT2D eigenvalue weighted by Crippen LogP contribution is -2.13. The first kappa shape index (κ1) is 9.54. The molecule has 72 valence electrons. The summed E-state index contributed by atoms with van der Waals surface area (Å²) >= 11 is 4.68. The van der Waals surface area contributed by atoms with Crippen molar-refractivity contribution in [3.05, 3.63) is 33.0 Å². The van der Waals surface area contributed by atoms with E-state index in [1.807, 2.05) is 5.38 Å². The molecule has 0 saturated carbocycles. The van der Waals surface area contributed by atoms with Crippen molar-refractivity contribution in [1.29, 1.82) is 0 Å². The molecular formula is C8H6BrN3OS. The molecule has 0 atom stereocenters. The van der Waals surface area contributed by atoms with E-state index < -0.39 is 0 Å². The summed E-state index contributed by atoms with van der Waals surface area (Å²) in [6, 6.07) is 0. The van der Waals surface area contributed by atoms with E-state index in [0.717, 1.165) is 0 Å². The Bertz CT molecular complexity index is 480. The Kier molecular flexibility index (Phi) is 2.74. The molecule has 2 aromatic rings. The molecule has 2 aromatic heterocycles. The van der Waals surface area contributed by atoms with Crippen molar-refractivity contribution in [2.45, 2.75) is 5.33 Å². The van der Waals surface area contributed by atoms with Gasteiger partial charge in [-0.1, -0.05) is 15.9 Å². The van der Waals surface area contributed by atoms with Crippen molar-refractivity contribution in [3.8, 4) is 11.5 Å². The van der Waals surface area contributed by atoms with E-state index in [-0.39, 0.29) is 5.56 Å². The number of H-pyrrole nitrogens is 1. The van der Waals surface area contributed by atoms with Crippen LogP contribution in [0.2, 0.25) is 0 Å². The van der Waals surface area contributed by atoms with Gasteiger partial charge in [-0.3, -0.25) is 4.79 Å². The maximum Gasteiger partial charge on any atom is 0.255 e. The van der Waals surface area contributed by atoms with Gasteiger partial charge >= 0.3 is 0 Å². The van der Waals surface area contributed by atoms with E-state index in [0.29, 0.717) is 22.4 Å². The Hall–Kier alpha value is -1.01. The molecule has 2 heterocycles. The molecular weight excluding hydrogens is 266 g/mol. The highest BCUT2D eigenvalue weighted by Gasteiger charge is 2.04. The molecule has 0 aliphatic heterocycles. The van der Waals surface area contributed by atoms with E-state index in [9.17, 15) is 4.79 Å². The second-order valence-electron chi connectivity index (χ2n) is 2.59. The minimum atomic E-state index is -0.125. The Balaban J connectivity index is 2.48. The van der Waals surface area contributed by atoms with Gasteiger partial charge in [-0.15, -0.1) is 11.3 Å². The van der Waals surface area contributed by atoms with Crippen LogP contribution in [-0.4, -0.2) is 15.0 Å². The SMILES string of the molecule is O=c1[nH]c(-c2cscn2)ncc1CBr. The molecule has 0 aliphatic carbocycles. The number of aromatic nitrogens is 3. The van der Waals surface area contributed by atoms with Crippen molar-refractivity contribution in [3.63, 3.8) is 0 Å². The van der Waals surface area contributed by atoms with Crippen LogP contribution >= 0.6 is 27.3 Å². The van der Waals surface area contributed by atoms with Gasteiger partial charge in [0.15, 0.2) is 5.82 Å². The molecule has 1 N–H and O–H groups in total. The Morgan fingerprint density at radius 1 is 1.50 bits per heavy atom. The zero-order valence-electron chi connectivity index (χ0n) is 7.03. The summed E-state index contributed by atoms with van der Waals surface area (Å²) in [5.74, 6) is 0.515. The minimum absolute atomic E-state index is 0.125. The maximum absolute atomic E-state index is 11.4. The molecule has 6 heteroatoms. The van der Waals surface area contributed by atoms with Crippen LogP contribution in [0.3, 0.4) is 0 Å². The lowest BCUT2D eigenvalue weighted by atomic mass is 10.3. The Morgan fingerprint density at radius 2 is 2.36 bits per heavy atom. The van der Waals surface area contributed by atoms with Gasteiger partial charge in [0.05, 0.1) is 5.51 Å². The lowest BCUT2D eigenvalue weighted by Gasteiger charge is -1.97. The van der Waals surface area contributed by atoms with Crippen molar-refractivity contribution in [2.75, 3.05) is 0 Å². The first-order chi connectivity index (χ1) is 6.81. The van der Waals surface area contributed by atoms with Crippen LogP contribution in [0, 0.1) is 0 Å². The molecule has 0 saturated heterocycles. The van der Waals surface area contributed by atoms with Gasteiger partial charge in [0.1, 0.15) is 5.69 Å². The quantitative estimate of drug-likeness (QED) is 0.848. The van der Waals surface area contributed by atoms with Crippen LogP contribution < -0.4 is 5.56 Å². The van der Waals surface area contributed by atoms with Gasteiger partial charge in [-0.25, -0.2) is 9.97 Å². The number of rotatable bonds is 2. The van der Waals surface area contributed by atoms with Gasteiger partial charge < -0.3 is 4.98 Å². The normalized spacial score (nSPS) is 10.4. The van der Waals surface area contributed by atoms with Crippen molar-refractivity contribution in [2.24, 2.45) is 0 Å². The van der Waals surface area contributed by atoms with Gasteiger partial charge in [0, 0.05) is 22.5 Å². The number of hydrogen-bond acceptors (Lipinski definition) is 4. The molecule has 0 unspecified atom stereocenters. The van der Waals surface area contributed by atoms with E-state index in [1.54, 1.807) is 11.7 Å². The van der Waals surface area contributed by atoms with Crippen LogP contribution in [-0.2, 0) is 5.33 Å². The van der Waals surface area contributed by atoms with Crippen LogP contribution in [0.5, 0.6) is 0 Å². The molecule has 14 heavy (non-hydrogen) atoms. The first-order valence-electron chi connectivity index (χ1n) is 3.84. The monoisotopic (exact) mass is 271 g/mol. The number of hydrogen-bond donors (Lipinski definition) is 1. The fourth-order valence-electron chi connectivity index (χ4n) is 0.976. The minimum Gasteiger partial charge on any atom is -0.305 e. The van der Waals surface area contributed by atoms with Crippen LogP contribution in [0.1, 0.15) is 5.56 Å². The zero-order chi connectivity index (χ0) is 9.97. The highest BCUT2D eigenvalue weighted by Crippen LogP contribution is 2.12. The molecule has 0 radical (unpaired) electrons. The van der Waals surface area contributed by atoms with Crippen molar-refractivity contribution >= 4 is 27.3 Å². The number of thiazole rings is 1. The maximum atomic E-state index is 11.4. The number of nitrogens with one attached hydrogen (secondary N) is 1. The van der Waals surface area contributed by atoms with Gasteiger partial charge in [-0.05, 0) is 0 Å². The summed E-state index contributed by atoms with van der Waals surface area (Å²) < 4.78 is 0. The fourth-order valence-corrected chi connectivity index (χ4v) is 1.91. The largest absolute Gasteiger partial charge is 0.305 e. The molecule has 0 aromatic carbocycles. The third-order valence-corrected chi connectivity index (χ3v) is 2.88. The van der Waals surface area contributed by atoms with Crippen molar-refractivity contribution in [1.82, 2.24) is 15.0 Å². The molecule has 0 bridgehead atoms. The van der Waals surface area contributed by atoms with Gasteiger partial charge in [0.25, 0.3) is 5.56 Å². The van der Waals surface area contributed by atoms with Gasteiger partial charge in [0.2, 0.25) is 0 Å².